The molecule has 8 nitrogen and oxygen atoms in total. The third kappa shape index (κ3) is 5.95. The Balaban J connectivity index is 1.31. The van der Waals surface area contributed by atoms with Gasteiger partial charge in [0.1, 0.15) is 29.4 Å². The van der Waals surface area contributed by atoms with Gasteiger partial charge in [-0.25, -0.2) is 14.4 Å². The average molecular weight is 502 g/mol. The molecule has 3 heterocycles. The standard InChI is InChI=1S/C28H32FN7O/c1-30-25-17-22-24(18-26(25)37-15-5-10-36-13-11-35(2)12-14-36)32-19-33-28(22)34-21-7-3-6-20(16-21)27-23(29)8-4-9-31-27/h3-4,6-9,16-19,30H,5,10-15H2,1-2H3,(H,32,33,34). The van der Waals surface area contributed by atoms with E-state index in [1.807, 2.05) is 43.4 Å². The van der Waals surface area contributed by atoms with Crippen molar-refractivity contribution in [1.29, 1.82) is 0 Å². The number of anilines is 3. The number of benzene rings is 2. The summed E-state index contributed by atoms with van der Waals surface area (Å²) in [7, 11) is 4.05. The zero-order valence-corrected chi connectivity index (χ0v) is 21.2. The van der Waals surface area contributed by atoms with Crippen LogP contribution in [-0.2, 0) is 0 Å². The van der Waals surface area contributed by atoms with Crippen LogP contribution in [0.5, 0.6) is 5.75 Å². The molecule has 37 heavy (non-hydrogen) atoms. The van der Waals surface area contributed by atoms with Crippen LogP contribution in [0.1, 0.15) is 6.42 Å². The number of piperazine rings is 1. The highest BCUT2D eigenvalue weighted by molar-refractivity contribution is 5.95. The molecule has 0 amide bonds. The lowest BCUT2D eigenvalue weighted by Crippen LogP contribution is -2.44. The summed E-state index contributed by atoms with van der Waals surface area (Å²) in [6.45, 7) is 6.14. The molecule has 2 aromatic carbocycles. The molecule has 1 aliphatic rings. The normalized spacial score (nSPS) is 14.6. The van der Waals surface area contributed by atoms with E-state index in [1.54, 1.807) is 12.3 Å². The highest BCUT2D eigenvalue weighted by atomic mass is 19.1. The number of aromatic nitrogens is 3. The largest absolute Gasteiger partial charge is 0.491 e. The first kappa shape index (κ1) is 24.9. The minimum atomic E-state index is -0.359. The molecule has 0 atom stereocenters. The molecular weight excluding hydrogens is 469 g/mol. The number of nitrogens with one attached hydrogen (secondary N) is 2. The molecule has 0 unspecified atom stereocenters. The van der Waals surface area contributed by atoms with Crippen LogP contribution in [0.4, 0.5) is 21.6 Å². The lowest BCUT2D eigenvalue weighted by Gasteiger charge is -2.32. The van der Waals surface area contributed by atoms with Crippen LogP contribution >= 0.6 is 0 Å². The third-order valence-electron chi connectivity index (χ3n) is 6.64. The topological polar surface area (TPSA) is 78.4 Å². The van der Waals surface area contributed by atoms with Gasteiger partial charge < -0.3 is 25.2 Å². The summed E-state index contributed by atoms with van der Waals surface area (Å²) in [4.78, 5) is 18.0. The van der Waals surface area contributed by atoms with Crippen LogP contribution in [0.15, 0.2) is 61.1 Å². The Morgan fingerprint density at radius 1 is 1.00 bits per heavy atom. The van der Waals surface area contributed by atoms with E-state index in [0.717, 1.165) is 67.2 Å². The maximum absolute atomic E-state index is 14.3. The van der Waals surface area contributed by atoms with Crippen LogP contribution in [0.3, 0.4) is 0 Å². The maximum Gasteiger partial charge on any atom is 0.149 e. The van der Waals surface area contributed by atoms with Gasteiger partial charge in [0.05, 0.1) is 17.8 Å². The van der Waals surface area contributed by atoms with Gasteiger partial charge in [-0.2, -0.15) is 0 Å². The van der Waals surface area contributed by atoms with E-state index < -0.39 is 0 Å². The zero-order chi connectivity index (χ0) is 25.6. The number of likely N-dealkylation sites (N-methyl/N-ethyl adjacent to an activating group) is 1. The van der Waals surface area contributed by atoms with Gasteiger partial charge >= 0.3 is 0 Å². The van der Waals surface area contributed by atoms with Crippen LogP contribution in [0.25, 0.3) is 22.2 Å². The second-order valence-electron chi connectivity index (χ2n) is 9.22. The van der Waals surface area contributed by atoms with E-state index >= 15 is 0 Å². The number of hydrogen-bond donors (Lipinski definition) is 2. The van der Waals surface area contributed by atoms with Gasteiger partial charge in [-0.3, -0.25) is 4.98 Å². The summed E-state index contributed by atoms with van der Waals surface area (Å²) < 4.78 is 20.4. The lowest BCUT2D eigenvalue weighted by molar-refractivity contribution is 0.145. The molecule has 9 heteroatoms. The Labute approximate surface area is 216 Å². The molecule has 1 saturated heterocycles. The number of hydrogen-bond acceptors (Lipinski definition) is 8. The Morgan fingerprint density at radius 2 is 1.86 bits per heavy atom. The fraction of sp³-hybridized carbons (Fsp3) is 0.321. The van der Waals surface area contributed by atoms with Crippen molar-refractivity contribution in [3.05, 3.63) is 66.9 Å². The van der Waals surface area contributed by atoms with Crippen LogP contribution in [0.2, 0.25) is 0 Å². The van der Waals surface area contributed by atoms with Gasteiger partial charge in [0, 0.05) is 68.7 Å². The molecule has 4 aromatic rings. The van der Waals surface area contributed by atoms with Crippen molar-refractivity contribution >= 4 is 28.1 Å². The highest BCUT2D eigenvalue weighted by Crippen LogP contribution is 2.33. The van der Waals surface area contributed by atoms with E-state index in [1.165, 1.54) is 12.4 Å². The maximum atomic E-state index is 14.3. The van der Waals surface area contributed by atoms with Crippen molar-refractivity contribution in [3.63, 3.8) is 0 Å². The number of ether oxygens (including phenoxy) is 1. The Bertz CT molecular complexity index is 1360. The molecule has 1 fully saturated rings. The van der Waals surface area contributed by atoms with Crippen molar-refractivity contribution in [2.75, 3.05) is 64.1 Å². The molecule has 0 spiro atoms. The average Bonchev–Trinajstić information content (AvgIpc) is 2.92. The van der Waals surface area contributed by atoms with Crippen molar-refractivity contribution in [2.24, 2.45) is 0 Å². The van der Waals surface area contributed by atoms with E-state index in [4.69, 9.17) is 4.74 Å². The molecule has 192 valence electrons. The van der Waals surface area contributed by atoms with Crippen LogP contribution < -0.4 is 15.4 Å². The minimum Gasteiger partial charge on any atom is -0.491 e. The van der Waals surface area contributed by atoms with Gasteiger partial charge in [0.15, 0.2) is 0 Å². The highest BCUT2D eigenvalue weighted by Gasteiger charge is 2.14. The van der Waals surface area contributed by atoms with Crippen molar-refractivity contribution < 1.29 is 9.13 Å². The van der Waals surface area contributed by atoms with Gasteiger partial charge in [-0.15, -0.1) is 0 Å². The monoisotopic (exact) mass is 501 g/mol. The molecule has 5 rings (SSSR count). The number of pyridine rings is 1. The van der Waals surface area contributed by atoms with E-state index in [9.17, 15) is 4.39 Å². The summed E-state index contributed by atoms with van der Waals surface area (Å²) in [5.41, 5.74) is 3.42. The molecule has 1 aliphatic heterocycles. The van der Waals surface area contributed by atoms with E-state index in [-0.39, 0.29) is 5.82 Å². The van der Waals surface area contributed by atoms with Gasteiger partial charge in [-0.05, 0) is 43.8 Å². The van der Waals surface area contributed by atoms with Gasteiger partial charge in [-0.1, -0.05) is 12.1 Å². The quantitative estimate of drug-likeness (QED) is 0.322. The molecule has 0 saturated carbocycles. The summed E-state index contributed by atoms with van der Waals surface area (Å²) in [5, 5.41) is 7.45. The number of halogens is 1. The first-order valence-electron chi connectivity index (χ1n) is 12.6. The number of rotatable bonds is 9. The molecule has 0 bridgehead atoms. The fourth-order valence-electron chi connectivity index (χ4n) is 4.52. The first-order chi connectivity index (χ1) is 18.1. The van der Waals surface area contributed by atoms with E-state index in [2.05, 4.69) is 42.4 Å². The summed E-state index contributed by atoms with van der Waals surface area (Å²) in [6, 6.07) is 14.4. The van der Waals surface area contributed by atoms with Crippen LogP contribution in [-0.4, -0.2) is 78.2 Å². The predicted molar refractivity (Wildman–Crippen MR) is 146 cm³/mol. The van der Waals surface area contributed by atoms with Crippen molar-refractivity contribution in [1.82, 2.24) is 24.8 Å². The summed E-state index contributed by atoms with van der Waals surface area (Å²) in [6.07, 6.45) is 4.08. The summed E-state index contributed by atoms with van der Waals surface area (Å²) >= 11 is 0. The second kappa shape index (κ2) is 11.5. The Morgan fingerprint density at radius 3 is 2.68 bits per heavy atom. The summed E-state index contributed by atoms with van der Waals surface area (Å²) in [5.74, 6) is 1.06. The van der Waals surface area contributed by atoms with Gasteiger partial charge in [0.25, 0.3) is 0 Å². The molecule has 2 N–H and O–H groups in total. The molecular formula is C28H32FN7O. The minimum absolute atomic E-state index is 0.311. The first-order valence-corrected chi connectivity index (χ1v) is 12.6. The Kier molecular flexibility index (Phi) is 7.72. The van der Waals surface area contributed by atoms with Crippen molar-refractivity contribution in [3.8, 4) is 17.0 Å². The SMILES string of the molecule is CNc1cc2c(Nc3cccc(-c4ncccc4F)c3)ncnc2cc1OCCCN1CCN(C)CC1. The second-order valence-corrected chi connectivity index (χ2v) is 9.22. The fourth-order valence-corrected chi connectivity index (χ4v) is 4.52. The lowest BCUT2D eigenvalue weighted by atomic mass is 10.1. The number of fused-ring (bicyclic) bond motifs is 1. The Hall–Kier alpha value is -3.82. The van der Waals surface area contributed by atoms with Crippen LogP contribution in [0, 0.1) is 5.82 Å². The third-order valence-corrected chi connectivity index (χ3v) is 6.64. The number of nitrogens with zero attached hydrogens (tertiary/aromatic N) is 5. The van der Waals surface area contributed by atoms with Crippen molar-refractivity contribution in [2.45, 2.75) is 6.42 Å². The van der Waals surface area contributed by atoms with Gasteiger partial charge in [0.2, 0.25) is 0 Å². The van der Waals surface area contributed by atoms with E-state index in [0.29, 0.717) is 23.7 Å². The molecule has 0 radical (unpaired) electrons. The zero-order valence-electron chi connectivity index (χ0n) is 21.2. The predicted octanol–water partition coefficient (Wildman–Crippen LogP) is 4.63. The molecule has 0 aliphatic carbocycles. The smallest absolute Gasteiger partial charge is 0.149 e. The molecule has 2 aromatic heterocycles.